The maximum atomic E-state index is 13.5. The van der Waals surface area contributed by atoms with Gasteiger partial charge in [0.05, 0.1) is 0 Å². The molecule has 86 valence electrons. The molecule has 0 amide bonds. The van der Waals surface area contributed by atoms with Crippen LogP contribution >= 0.6 is 15.9 Å². The lowest BCUT2D eigenvalue weighted by Gasteiger charge is -2.24. The number of aromatic hydroxyl groups is 1. The highest BCUT2D eigenvalue weighted by Gasteiger charge is 2.65. The first kappa shape index (κ1) is 10.5. The molecule has 0 bridgehead atoms. The molecule has 1 aromatic rings. The van der Waals surface area contributed by atoms with Gasteiger partial charge in [0.15, 0.2) is 11.6 Å². The first-order valence-corrected chi connectivity index (χ1v) is 6.25. The van der Waals surface area contributed by atoms with E-state index in [2.05, 4.69) is 15.9 Å². The van der Waals surface area contributed by atoms with Crippen LogP contribution in [-0.4, -0.2) is 10.6 Å². The highest BCUT2D eigenvalue weighted by molar-refractivity contribution is 9.10. The van der Waals surface area contributed by atoms with Crippen LogP contribution in [0.1, 0.15) is 31.2 Å². The molecule has 0 spiro atoms. The Balaban J connectivity index is 2.13. The van der Waals surface area contributed by atoms with Crippen LogP contribution < -0.4 is 5.73 Å². The summed E-state index contributed by atoms with van der Waals surface area (Å²) in [7, 11) is 0. The Bertz CT molecular complexity index is 466. The Morgan fingerprint density at radius 2 is 1.88 bits per heavy atom. The zero-order chi connectivity index (χ0) is 11.6. The molecule has 3 rings (SSSR count). The van der Waals surface area contributed by atoms with E-state index < -0.39 is 5.82 Å². The van der Waals surface area contributed by atoms with Crippen LogP contribution in [0.15, 0.2) is 16.6 Å². The Hall–Kier alpha value is -0.610. The summed E-state index contributed by atoms with van der Waals surface area (Å²) >= 11 is 3.26. The lowest BCUT2D eigenvalue weighted by Crippen LogP contribution is -2.37. The minimum atomic E-state index is -0.570. The number of nitrogens with two attached hydrogens (primary N) is 1. The smallest absolute Gasteiger partial charge is 0.166 e. The largest absolute Gasteiger partial charge is 0.505 e. The number of benzene rings is 1. The van der Waals surface area contributed by atoms with Crippen molar-refractivity contribution in [1.82, 2.24) is 0 Å². The van der Waals surface area contributed by atoms with Crippen molar-refractivity contribution in [3.05, 3.63) is 28.0 Å². The van der Waals surface area contributed by atoms with Crippen molar-refractivity contribution >= 4 is 15.9 Å². The number of hydrogen-bond donors (Lipinski definition) is 2. The van der Waals surface area contributed by atoms with Crippen LogP contribution in [0, 0.1) is 5.82 Å². The zero-order valence-corrected chi connectivity index (χ0v) is 10.3. The van der Waals surface area contributed by atoms with Gasteiger partial charge in [0, 0.05) is 21.0 Å². The summed E-state index contributed by atoms with van der Waals surface area (Å²) in [6.45, 7) is 0. The van der Waals surface area contributed by atoms with Crippen molar-refractivity contribution in [3.8, 4) is 5.75 Å². The summed E-state index contributed by atoms with van der Waals surface area (Å²) in [5.74, 6) is -0.794. The van der Waals surface area contributed by atoms with E-state index >= 15 is 0 Å². The fraction of sp³-hybridized carbons (Fsp3) is 0.500. The normalized spacial score (nSPS) is 24.2. The number of phenolic OH excluding ortho intramolecular Hbond substituents is 1. The minimum Gasteiger partial charge on any atom is -0.505 e. The number of rotatable bonds is 2. The number of halogens is 2. The van der Waals surface area contributed by atoms with Gasteiger partial charge in [-0.3, -0.25) is 0 Å². The second kappa shape index (κ2) is 2.99. The van der Waals surface area contributed by atoms with E-state index in [1.807, 2.05) is 0 Å². The van der Waals surface area contributed by atoms with Crippen molar-refractivity contribution < 1.29 is 9.50 Å². The van der Waals surface area contributed by atoms with Gasteiger partial charge in [0.1, 0.15) is 0 Å². The zero-order valence-electron chi connectivity index (χ0n) is 8.76. The van der Waals surface area contributed by atoms with Gasteiger partial charge < -0.3 is 10.8 Å². The Morgan fingerprint density at radius 3 is 2.38 bits per heavy atom. The average molecular weight is 286 g/mol. The van der Waals surface area contributed by atoms with Crippen molar-refractivity contribution in [2.45, 2.75) is 36.6 Å². The van der Waals surface area contributed by atoms with Crippen molar-refractivity contribution in [2.24, 2.45) is 5.73 Å². The van der Waals surface area contributed by atoms with E-state index in [-0.39, 0.29) is 16.7 Å². The van der Waals surface area contributed by atoms with E-state index in [0.717, 1.165) is 25.7 Å². The molecule has 1 aromatic carbocycles. The molecule has 2 saturated carbocycles. The molecule has 0 unspecified atom stereocenters. The lowest BCUT2D eigenvalue weighted by atomic mass is 9.85. The molecule has 0 aromatic heterocycles. The summed E-state index contributed by atoms with van der Waals surface area (Å²) in [6.07, 6.45) is 3.85. The molecule has 0 atom stereocenters. The van der Waals surface area contributed by atoms with Gasteiger partial charge in [-0.15, -0.1) is 0 Å². The van der Waals surface area contributed by atoms with Crippen molar-refractivity contribution in [1.29, 1.82) is 0 Å². The molecule has 0 heterocycles. The SMILES string of the molecule is NC1(C2(c3cc(Br)cc(F)c3O)CC2)CC1. The molecule has 2 fully saturated rings. The number of phenols is 1. The molecule has 2 aliphatic carbocycles. The first-order valence-electron chi connectivity index (χ1n) is 5.46. The van der Waals surface area contributed by atoms with Gasteiger partial charge in [-0.2, -0.15) is 0 Å². The molecular formula is C12H13BrFNO. The molecule has 0 radical (unpaired) electrons. The van der Waals surface area contributed by atoms with E-state index in [4.69, 9.17) is 5.73 Å². The molecule has 3 N–H and O–H groups in total. The Labute approximate surface area is 102 Å². The fourth-order valence-corrected chi connectivity index (χ4v) is 3.13. The number of hydrogen-bond acceptors (Lipinski definition) is 2. The van der Waals surface area contributed by atoms with Crippen LogP contribution in [0.4, 0.5) is 4.39 Å². The molecule has 2 aliphatic rings. The Morgan fingerprint density at radius 1 is 1.25 bits per heavy atom. The lowest BCUT2D eigenvalue weighted by molar-refractivity contribution is 0.402. The minimum absolute atomic E-state index is 0.179. The topological polar surface area (TPSA) is 46.2 Å². The van der Waals surface area contributed by atoms with E-state index in [1.54, 1.807) is 6.07 Å². The van der Waals surface area contributed by atoms with Crippen LogP contribution in [0.25, 0.3) is 0 Å². The Kier molecular flexibility index (Phi) is 1.97. The van der Waals surface area contributed by atoms with E-state index in [1.165, 1.54) is 6.07 Å². The van der Waals surface area contributed by atoms with Gasteiger partial charge in [-0.1, -0.05) is 15.9 Å². The summed E-state index contributed by atoms with van der Waals surface area (Å²) < 4.78 is 14.1. The maximum Gasteiger partial charge on any atom is 0.166 e. The average Bonchev–Trinajstić information content (AvgIpc) is 3.07. The van der Waals surface area contributed by atoms with Gasteiger partial charge in [0.2, 0.25) is 0 Å². The van der Waals surface area contributed by atoms with Crippen LogP contribution in [-0.2, 0) is 5.41 Å². The van der Waals surface area contributed by atoms with Crippen LogP contribution in [0.2, 0.25) is 0 Å². The van der Waals surface area contributed by atoms with Gasteiger partial charge in [0.25, 0.3) is 0 Å². The predicted molar refractivity (Wildman–Crippen MR) is 62.8 cm³/mol. The third kappa shape index (κ3) is 1.26. The molecule has 4 heteroatoms. The first-order chi connectivity index (χ1) is 7.48. The molecular weight excluding hydrogens is 273 g/mol. The predicted octanol–water partition coefficient (Wildman–Crippen LogP) is 2.82. The monoisotopic (exact) mass is 285 g/mol. The van der Waals surface area contributed by atoms with Crippen molar-refractivity contribution in [3.63, 3.8) is 0 Å². The quantitative estimate of drug-likeness (QED) is 0.878. The van der Waals surface area contributed by atoms with E-state index in [0.29, 0.717) is 10.0 Å². The summed E-state index contributed by atoms with van der Waals surface area (Å²) in [6, 6.07) is 3.09. The van der Waals surface area contributed by atoms with Crippen LogP contribution in [0.3, 0.4) is 0 Å². The highest BCUT2D eigenvalue weighted by atomic mass is 79.9. The third-order valence-corrected chi connectivity index (χ3v) is 4.49. The van der Waals surface area contributed by atoms with Gasteiger partial charge in [-0.25, -0.2) is 4.39 Å². The maximum absolute atomic E-state index is 13.5. The molecule has 2 nitrogen and oxygen atoms in total. The van der Waals surface area contributed by atoms with Gasteiger partial charge in [-0.05, 0) is 37.8 Å². The second-order valence-electron chi connectivity index (χ2n) is 5.02. The summed E-state index contributed by atoms with van der Waals surface area (Å²) in [4.78, 5) is 0. The van der Waals surface area contributed by atoms with Crippen molar-refractivity contribution in [2.75, 3.05) is 0 Å². The molecule has 0 saturated heterocycles. The third-order valence-electron chi connectivity index (χ3n) is 4.04. The molecule has 0 aliphatic heterocycles. The summed E-state index contributed by atoms with van der Waals surface area (Å²) in [5.41, 5.74) is 6.53. The molecule has 16 heavy (non-hydrogen) atoms. The van der Waals surface area contributed by atoms with E-state index in [9.17, 15) is 9.50 Å². The highest BCUT2D eigenvalue weighted by Crippen LogP contribution is 2.65. The summed E-state index contributed by atoms with van der Waals surface area (Å²) in [5, 5.41) is 9.84. The second-order valence-corrected chi connectivity index (χ2v) is 5.94. The standard InChI is InChI=1S/C12H13BrFNO/c13-7-5-8(10(16)9(14)6-7)11(1-2-11)12(15)3-4-12/h5-6,16H,1-4,15H2. The van der Waals surface area contributed by atoms with Crippen LogP contribution in [0.5, 0.6) is 5.75 Å². The van der Waals surface area contributed by atoms with Gasteiger partial charge >= 0.3 is 0 Å². The fourth-order valence-electron chi connectivity index (χ4n) is 2.70.